The van der Waals surface area contributed by atoms with Gasteiger partial charge in [0, 0.05) is 44.5 Å². The van der Waals surface area contributed by atoms with Crippen LogP contribution in [-0.4, -0.2) is 59.0 Å². The molecular formula is C25H32N4O2. The maximum absolute atomic E-state index is 13.0. The molecule has 0 saturated carbocycles. The number of aryl methyl sites for hydroxylation is 3. The van der Waals surface area contributed by atoms with Gasteiger partial charge in [0.15, 0.2) is 0 Å². The molecule has 0 radical (unpaired) electrons. The minimum Gasteiger partial charge on any atom is -0.324 e. The van der Waals surface area contributed by atoms with E-state index in [1.54, 1.807) is 0 Å². The summed E-state index contributed by atoms with van der Waals surface area (Å²) in [6.07, 6.45) is 1.65. The van der Waals surface area contributed by atoms with Crippen molar-refractivity contribution in [2.24, 2.45) is 0 Å². The van der Waals surface area contributed by atoms with Gasteiger partial charge >= 0.3 is 12.1 Å². The molecule has 6 heteroatoms. The third kappa shape index (κ3) is 5.01. The number of amides is 4. The summed E-state index contributed by atoms with van der Waals surface area (Å²) in [5.41, 5.74) is 5.50. The fraction of sp³-hybridized carbons (Fsp3) is 0.440. The first-order valence-electron chi connectivity index (χ1n) is 11.1. The monoisotopic (exact) mass is 420 g/mol. The predicted molar refractivity (Wildman–Crippen MR) is 123 cm³/mol. The third-order valence-corrected chi connectivity index (χ3v) is 6.29. The van der Waals surface area contributed by atoms with Crippen LogP contribution in [0.25, 0.3) is 0 Å². The van der Waals surface area contributed by atoms with Crippen LogP contribution in [0.15, 0.2) is 42.5 Å². The van der Waals surface area contributed by atoms with Crippen LogP contribution in [0.2, 0.25) is 0 Å². The molecule has 0 spiro atoms. The van der Waals surface area contributed by atoms with E-state index >= 15 is 0 Å². The van der Waals surface area contributed by atoms with Crippen molar-refractivity contribution in [3.05, 3.63) is 64.7 Å². The Hall–Kier alpha value is -3.02. The number of likely N-dealkylation sites (tertiary alicyclic amines) is 1. The summed E-state index contributed by atoms with van der Waals surface area (Å²) in [4.78, 5) is 31.4. The molecule has 4 amide bonds. The Morgan fingerprint density at radius 2 is 1.55 bits per heavy atom. The number of benzene rings is 2. The lowest BCUT2D eigenvalue weighted by Crippen LogP contribution is -2.49. The Morgan fingerprint density at radius 3 is 2.19 bits per heavy atom. The highest BCUT2D eigenvalue weighted by atomic mass is 16.2. The normalized spacial score (nSPS) is 17.4. The molecule has 164 valence electrons. The fourth-order valence-corrected chi connectivity index (χ4v) is 4.63. The molecule has 0 aliphatic carbocycles. The summed E-state index contributed by atoms with van der Waals surface area (Å²) < 4.78 is 0. The minimum absolute atomic E-state index is 0.0582. The van der Waals surface area contributed by atoms with Gasteiger partial charge in [-0.3, -0.25) is 0 Å². The van der Waals surface area contributed by atoms with E-state index in [1.807, 2.05) is 40.7 Å². The van der Waals surface area contributed by atoms with E-state index in [9.17, 15) is 9.59 Å². The van der Waals surface area contributed by atoms with Crippen LogP contribution in [0, 0.1) is 20.8 Å². The average molecular weight is 421 g/mol. The molecule has 0 atom stereocenters. The number of carbonyl (C=O) groups is 2. The topological polar surface area (TPSA) is 55.9 Å². The van der Waals surface area contributed by atoms with Gasteiger partial charge in [-0.15, -0.1) is 0 Å². The molecular weight excluding hydrogens is 388 g/mol. The Bertz CT molecular complexity index is 928. The van der Waals surface area contributed by atoms with Gasteiger partial charge in [-0.1, -0.05) is 35.9 Å². The maximum atomic E-state index is 13.0. The maximum Gasteiger partial charge on any atom is 0.321 e. The molecule has 2 aliphatic heterocycles. The molecule has 31 heavy (non-hydrogen) atoms. The number of anilines is 1. The van der Waals surface area contributed by atoms with Crippen molar-refractivity contribution in [1.82, 2.24) is 14.7 Å². The summed E-state index contributed by atoms with van der Waals surface area (Å²) in [5, 5.41) is 3.02. The molecule has 2 heterocycles. The number of rotatable bonds is 4. The number of nitrogens with zero attached hydrogens (tertiary/aromatic N) is 3. The quantitative estimate of drug-likeness (QED) is 0.789. The molecule has 2 aromatic carbocycles. The molecule has 0 unspecified atom stereocenters. The molecule has 1 N–H and O–H groups in total. The van der Waals surface area contributed by atoms with Crippen molar-refractivity contribution in [2.75, 3.05) is 31.5 Å². The molecule has 2 aliphatic rings. The lowest BCUT2D eigenvalue weighted by Gasteiger charge is -2.36. The SMILES string of the molecule is Cc1ccc(CN2CCN(C3CCN(C(=O)Nc4cc(C)cc(C)c4)CC3)C2=O)cc1. The van der Waals surface area contributed by atoms with Gasteiger partial charge in [0.25, 0.3) is 0 Å². The highest BCUT2D eigenvalue weighted by Gasteiger charge is 2.36. The summed E-state index contributed by atoms with van der Waals surface area (Å²) >= 11 is 0. The van der Waals surface area contributed by atoms with Gasteiger partial charge in [0.1, 0.15) is 0 Å². The van der Waals surface area contributed by atoms with Crippen LogP contribution in [-0.2, 0) is 6.54 Å². The van der Waals surface area contributed by atoms with E-state index < -0.39 is 0 Å². The zero-order valence-corrected chi connectivity index (χ0v) is 18.7. The van der Waals surface area contributed by atoms with Crippen LogP contribution in [0.1, 0.15) is 35.1 Å². The third-order valence-electron chi connectivity index (χ3n) is 6.29. The van der Waals surface area contributed by atoms with E-state index in [0.29, 0.717) is 19.6 Å². The van der Waals surface area contributed by atoms with Crippen molar-refractivity contribution in [3.63, 3.8) is 0 Å². The second-order valence-electron chi connectivity index (χ2n) is 8.91. The predicted octanol–water partition coefficient (Wildman–Crippen LogP) is 4.55. The van der Waals surface area contributed by atoms with Crippen molar-refractivity contribution in [1.29, 1.82) is 0 Å². The first-order chi connectivity index (χ1) is 14.9. The minimum atomic E-state index is -0.0582. The fourth-order valence-electron chi connectivity index (χ4n) is 4.63. The molecule has 0 aromatic heterocycles. The number of nitrogens with one attached hydrogen (secondary N) is 1. The van der Waals surface area contributed by atoms with E-state index in [-0.39, 0.29) is 18.1 Å². The first kappa shape index (κ1) is 21.2. The van der Waals surface area contributed by atoms with E-state index in [4.69, 9.17) is 0 Å². The largest absolute Gasteiger partial charge is 0.324 e. The van der Waals surface area contributed by atoms with Gasteiger partial charge in [-0.2, -0.15) is 0 Å². The number of hydrogen-bond donors (Lipinski definition) is 1. The Kier molecular flexibility index (Phi) is 6.16. The number of piperidine rings is 1. The first-order valence-corrected chi connectivity index (χ1v) is 11.1. The number of urea groups is 2. The van der Waals surface area contributed by atoms with Crippen LogP contribution in [0.4, 0.5) is 15.3 Å². The standard InChI is InChI=1S/C25H32N4O2/c1-18-4-6-21(7-5-18)17-28-12-13-29(25(28)31)23-8-10-27(11-9-23)24(30)26-22-15-19(2)14-20(3)16-22/h4-7,14-16,23H,8-13,17H2,1-3H3,(H,26,30). The van der Waals surface area contributed by atoms with Crippen LogP contribution in [0.3, 0.4) is 0 Å². The lowest BCUT2D eigenvalue weighted by molar-refractivity contribution is 0.139. The molecule has 6 nitrogen and oxygen atoms in total. The van der Waals surface area contributed by atoms with Crippen molar-refractivity contribution in [3.8, 4) is 0 Å². The van der Waals surface area contributed by atoms with E-state index in [0.717, 1.165) is 42.7 Å². The highest BCUT2D eigenvalue weighted by Crippen LogP contribution is 2.23. The summed E-state index contributed by atoms with van der Waals surface area (Å²) in [7, 11) is 0. The molecule has 4 rings (SSSR count). The Morgan fingerprint density at radius 1 is 0.903 bits per heavy atom. The van der Waals surface area contributed by atoms with E-state index in [2.05, 4.69) is 42.6 Å². The summed E-state index contributed by atoms with van der Waals surface area (Å²) in [5.74, 6) is 0. The van der Waals surface area contributed by atoms with Crippen LogP contribution in [0.5, 0.6) is 0 Å². The summed E-state index contributed by atoms with van der Waals surface area (Å²) in [6, 6.07) is 14.7. The lowest BCUT2D eigenvalue weighted by atomic mass is 10.0. The average Bonchev–Trinajstić information content (AvgIpc) is 3.09. The van der Waals surface area contributed by atoms with Crippen LogP contribution >= 0.6 is 0 Å². The second kappa shape index (κ2) is 9.00. The van der Waals surface area contributed by atoms with Gasteiger partial charge in [0.2, 0.25) is 0 Å². The number of carbonyl (C=O) groups excluding carboxylic acids is 2. The van der Waals surface area contributed by atoms with E-state index in [1.165, 1.54) is 11.1 Å². The van der Waals surface area contributed by atoms with Crippen LogP contribution < -0.4 is 5.32 Å². The van der Waals surface area contributed by atoms with Crippen molar-refractivity contribution < 1.29 is 9.59 Å². The van der Waals surface area contributed by atoms with Gasteiger partial charge < -0.3 is 20.0 Å². The smallest absolute Gasteiger partial charge is 0.321 e. The zero-order chi connectivity index (χ0) is 22.0. The molecule has 2 saturated heterocycles. The van der Waals surface area contributed by atoms with Crippen molar-refractivity contribution >= 4 is 17.7 Å². The Labute approximate surface area is 184 Å². The molecule has 2 fully saturated rings. The Balaban J connectivity index is 1.29. The van der Waals surface area contributed by atoms with Gasteiger partial charge in [0.05, 0.1) is 0 Å². The number of hydrogen-bond acceptors (Lipinski definition) is 2. The summed E-state index contributed by atoms with van der Waals surface area (Å²) in [6.45, 7) is 9.66. The second-order valence-corrected chi connectivity index (χ2v) is 8.91. The zero-order valence-electron chi connectivity index (χ0n) is 18.7. The molecule has 0 bridgehead atoms. The highest BCUT2D eigenvalue weighted by molar-refractivity contribution is 5.89. The molecule has 2 aromatic rings. The van der Waals surface area contributed by atoms with Gasteiger partial charge in [-0.25, -0.2) is 9.59 Å². The van der Waals surface area contributed by atoms with Gasteiger partial charge in [-0.05, 0) is 62.4 Å². The van der Waals surface area contributed by atoms with Crippen molar-refractivity contribution in [2.45, 2.75) is 46.2 Å².